The molecule has 0 aliphatic carbocycles. The van der Waals surface area contributed by atoms with Crippen LogP contribution in [0.25, 0.3) is 0 Å². The third-order valence-electron chi connectivity index (χ3n) is 1.87. The van der Waals surface area contributed by atoms with Gasteiger partial charge in [0.05, 0.1) is 12.3 Å². The number of H-pyrrole nitrogens is 1. The SMILES string of the molecule is CCCc1nc(CCO)[nH]c1C. The highest BCUT2D eigenvalue weighted by atomic mass is 16.3. The van der Waals surface area contributed by atoms with Crippen LogP contribution in [0.15, 0.2) is 0 Å². The molecule has 1 aromatic heterocycles. The van der Waals surface area contributed by atoms with Gasteiger partial charge in [-0.15, -0.1) is 0 Å². The van der Waals surface area contributed by atoms with Gasteiger partial charge in [-0.3, -0.25) is 0 Å². The second kappa shape index (κ2) is 4.26. The van der Waals surface area contributed by atoms with Crippen molar-refractivity contribution in [3.8, 4) is 0 Å². The van der Waals surface area contributed by atoms with Crippen LogP contribution in [-0.4, -0.2) is 21.7 Å². The maximum atomic E-state index is 8.69. The summed E-state index contributed by atoms with van der Waals surface area (Å²) >= 11 is 0. The molecule has 3 nitrogen and oxygen atoms in total. The Bertz CT molecular complexity index is 243. The highest BCUT2D eigenvalue weighted by molar-refractivity contribution is 5.13. The van der Waals surface area contributed by atoms with E-state index in [0.717, 1.165) is 30.1 Å². The van der Waals surface area contributed by atoms with Crippen molar-refractivity contribution < 1.29 is 5.11 Å². The number of aromatic nitrogens is 2. The Morgan fingerprint density at radius 3 is 2.75 bits per heavy atom. The Hall–Kier alpha value is -0.830. The van der Waals surface area contributed by atoms with Crippen LogP contribution in [0.2, 0.25) is 0 Å². The molecule has 68 valence electrons. The van der Waals surface area contributed by atoms with Gasteiger partial charge in [0.15, 0.2) is 0 Å². The molecule has 0 unspecified atom stereocenters. The minimum atomic E-state index is 0.165. The van der Waals surface area contributed by atoms with E-state index in [2.05, 4.69) is 16.9 Å². The summed E-state index contributed by atoms with van der Waals surface area (Å²) in [5, 5.41) is 8.69. The van der Waals surface area contributed by atoms with Crippen molar-refractivity contribution >= 4 is 0 Å². The largest absolute Gasteiger partial charge is 0.396 e. The number of rotatable bonds is 4. The molecular weight excluding hydrogens is 152 g/mol. The van der Waals surface area contributed by atoms with Gasteiger partial charge in [0.1, 0.15) is 5.82 Å². The first-order chi connectivity index (χ1) is 5.77. The van der Waals surface area contributed by atoms with Crippen molar-refractivity contribution in [2.24, 2.45) is 0 Å². The van der Waals surface area contributed by atoms with Crippen molar-refractivity contribution in [3.05, 3.63) is 17.2 Å². The minimum absolute atomic E-state index is 0.165. The van der Waals surface area contributed by atoms with Gasteiger partial charge < -0.3 is 10.1 Å². The Morgan fingerprint density at radius 1 is 1.42 bits per heavy atom. The Kier molecular flexibility index (Phi) is 3.29. The lowest BCUT2D eigenvalue weighted by molar-refractivity contribution is 0.297. The summed E-state index contributed by atoms with van der Waals surface area (Å²) < 4.78 is 0. The molecule has 0 spiro atoms. The lowest BCUT2D eigenvalue weighted by Crippen LogP contribution is -1.93. The van der Waals surface area contributed by atoms with Gasteiger partial charge in [-0.2, -0.15) is 0 Å². The van der Waals surface area contributed by atoms with E-state index in [9.17, 15) is 0 Å². The maximum absolute atomic E-state index is 8.69. The number of aryl methyl sites for hydroxylation is 2. The smallest absolute Gasteiger partial charge is 0.108 e. The molecule has 0 radical (unpaired) electrons. The summed E-state index contributed by atoms with van der Waals surface area (Å²) in [6.07, 6.45) is 2.77. The van der Waals surface area contributed by atoms with E-state index < -0.39 is 0 Å². The zero-order valence-corrected chi connectivity index (χ0v) is 7.72. The quantitative estimate of drug-likeness (QED) is 0.709. The zero-order valence-electron chi connectivity index (χ0n) is 7.72. The minimum Gasteiger partial charge on any atom is -0.396 e. The molecule has 2 N–H and O–H groups in total. The maximum Gasteiger partial charge on any atom is 0.108 e. The molecule has 1 rings (SSSR count). The van der Waals surface area contributed by atoms with E-state index in [1.54, 1.807) is 0 Å². The molecule has 0 saturated carbocycles. The molecular formula is C9H16N2O. The van der Waals surface area contributed by atoms with Crippen LogP contribution in [-0.2, 0) is 12.8 Å². The van der Waals surface area contributed by atoms with Crippen LogP contribution in [0.4, 0.5) is 0 Å². The number of aliphatic hydroxyl groups is 1. The van der Waals surface area contributed by atoms with Gasteiger partial charge in [-0.1, -0.05) is 13.3 Å². The third-order valence-corrected chi connectivity index (χ3v) is 1.87. The van der Waals surface area contributed by atoms with E-state index in [4.69, 9.17) is 5.11 Å². The van der Waals surface area contributed by atoms with Crippen LogP contribution in [0.1, 0.15) is 30.6 Å². The summed E-state index contributed by atoms with van der Waals surface area (Å²) in [7, 11) is 0. The van der Waals surface area contributed by atoms with Crippen LogP contribution < -0.4 is 0 Å². The highest BCUT2D eigenvalue weighted by Crippen LogP contribution is 2.07. The number of nitrogens with one attached hydrogen (secondary N) is 1. The number of imidazole rings is 1. The normalized spacial score (nSPS) is 10.6. The number of hydrogen-bond donors (Lipinski definition) is 2. The van der Waals surface area contributed by atoms with Crippen molar-refractivity contribution in [2.45, 2.75) is 33.1 Å². The summed E-state index contributed by atoms with van der Waals surface area (Å²) in [4.78, 5) is 7.53. The molecule has 1 heterocycles. The van der Waals surface area contributed by atoms with Crippen LogP contribution in [0.5, 0.6) is 0 Å². The third kappa shape index (κ3) is 2.08. The van der Waals surface area contributed by atoms with Crippen LogP contribution in [0, 0.1) is 6.92 Å². The molecule has 1 aromatic rings. The zero-order chi connectivity index (χ0) is 8.97. The molecule has 3 heteroatoms. The average molecular weight is 168 g/mol. The molecule has 0 amide bonds. The predicted molar refractivity (Wildman–Crippen MR) is 48.1 cm³/mol. The van der Waals surface area contributed by atoms with E-state index in [-0.39, 0.29) is 6.61 Å². The van der Waals surface area contributed by atoms with Crippen molar-refractivity contribution in [2.75, 3.05) is 6.61 Å². The van der Waals surface area contributed by atoms with Gasteiger partial charge in [0, 0.05) is 12.1 Å². The average Bonchev–Trinajstić information content (AvgIpc) is 2.34. The van der Waals surface area contributed by atoms with Crippen LogP contribution in [0.3, 0.4) is 0 Å². The summed E-state index contributed by atoms with van der Waals surface area (Å²) in [6, 6.07) is 0. The predicted octanol–water partition coefficient (Wildman–Crippen LogP) is 1.21. The first kappa shape index (κ1) is 9.26. The van der Waals surface area contributed by atoms with Crippen molar-refractivity contribution in [1.29, 1.82) is 0 Å². The lowest BCUT2D eigenvalue weighted by atomic mass is 10.2. The standard InChI is InChI=1S/C9H16N2O/c1-3-4-8-7(2)10-9(11-8)5-6-12/h12H,3-6H2,1-2H3,(H,10,11). The highest BCUT2D eigenvalue weighted by Gasteiger charge is 2.04. The van der Waals surface area contributed by atoms with E-state index in [1.165, 1.54) is 0 Å². The molecule has 0 aliphatic rings. The number of hydrogen-bond acceptors (Lipinski definition) is 2. The fourth-order valence-electron chi connectivity index (χ4n) is 1.27. The number of nitrogens with zero attached hydrogens (tertiary/aromatic N) is 1. The molecule has 12 heavy (non-hydrogen) atoms. The Balaban J connectivity index is 2.70. The van der Waals surface area contributed by atoms with E-state index >= 15 is 0 Å². The van der Waals surface area contributed by atoms with Gasteiger partial charge in [-0.25, -0.2) is 4.98 Å². The molecule has 0 aliphatic heterocycles. The van der Waals surface area contributed by atoms with Gasteiger partial charge in [0.25, 0.3) is 0 Å². The van der Waals surface area contributed by atoms with Crippen molar-refractivity contribution in [1.82, 2.24) is 9.97 Å². The summed E-state index contributed by atoms with van der Waals surface area (Å²) in [6.45, 7) is 4.33. The van der Waals surface area contributed by atoms with Gasteiger partial charge in [0.2, 0.25) is 0 Å². The fourth-order valence-corrected chi connectivity index (χ4v) is 1.27. The monoisotopic (exact) mass is 168 g/mol. The van der Waals surface area contributed by atoms with Crippen LogP contribution >= 0.6 is 0 Å². The Morgan fingerprint density at radius 2 is 2.17 bits per heavy atom. The second-order valence-corrected chi connectivity index (χ2v) is 2.98. The molecule has 0 aromatic carbocycles. The first-order valence-corrected chi connectivity index (χ1v) is 4.43. The van der Waals surface area contributed by atoms with Gasteiger partial charge in [-0.05, 0) is 13.3 Å². The van der Waals surface area contributed by atoms with E-state index in [1.807, 2.05) is 6.92 Å². The first-order valence-electron chi connectivity index (χ1n) is 4.43. The summed E-state index contributed by atoms with van der Waals surface area (Å²) in [5.41, 5.74) is 2.28. The second-order valence-electron chi connectivity index (χ2n) is 2.98. The molecule has 0 saturated heterocycles. The number of aromatic amines is 1. The van der Waals surface area contributed by atoms with Gasteiger partial charge >= 0.3 is 0 Å². The molecule has 0 bridgehead atoms. The Labute approximate surface area is 72.8 Å². The number of aliphatic hydroxyl groups excluding tert-OH is 1. The molecule has 0 fully saturated rings. The van der Waals surface area contributed by atoms with Crippen molar-refractivity contribution in [3.63, 3.8) is 0 Å². The molecule has 0 atom stereocenters. The van der Waals surface area contributed by atoms with E-state index in [0.29, 0.717) is 6.42 Å². The lowest BCUT2D eigenvalue weighted by Gasteiger charge is -1.91. The fraction of sp³-hybridized carbons (Fsp3) is 0.667. The topological polar surface area (TPSA) is 48.9 Å². The summed E-state index contributed by atoms with van der Waals surface area (Å²) in [5.74, 6) is 0.901.